The van der Waals surface area contributed by atoms with E-state index in [1.807, 2.05) is 13.8 Å². The molecular formula is C15H23ClN2O4. The maximum atomic E-state index is 10.8. The number of benzene rings is 1. The Bertz CT molecular complexity index is 493. The van der Waals surface area contributed by atoms with Crippen molar-refractivity contribution in [3.63, 3.8) is 0 Å². The standard InChI is InChI=1S/C15H23ClN2O4/c1-3-11(8-19)18-7-10-5-12(16)15(22-9-14(17)20)13(6-10)21-4-2/h5-6,11,18-19H,3-4,7-9H2,1-2H3,(H2,17,20). The predicted molar refractivity (Wildman–Crippen MR) is 85.3 cm³/mol. The molecule has 0 aliphatic heterocycles. The van der Waals surface area contributed by atoms with Crippen LogP contribution < -0.4 is 20.5 Å². The van der Waals surface area contributed by atoms with E-state index in [-0.39, 0.29) is 19.3 Å². The number of ether oxygens (including phenoxy) is 2. The van der Waals surface area contributed by atoms with Gasteiger partial charge in [0, 0.05) is 12.6 Å². The molecule has 0 radical (unpaired) electrons. The first-order chi connectivity index (χ1) is 10.5. The Labute approximate surface area is 135 Å². The summed E-state index contributed by atoms with van der Waals surface area (Å²) in [5.41, 5.74) is 5.97. The van der Waals surface area contributed by atoms with Gasteiger partial charge in [-0.25, -0.2) is 0 Å². The van der Waals surface area contributed by atoms with Crippen LogP contribution in [0.5, 0.6) is 11.5 Å². The molecule has 124 valence electrons. The minimum atomic E-state index is -0.585. The SMILES string of the molecule is CCOc1cc(CNC(CC)CO)cc(Cl)c1OCC(N)=O. The van der Waals surface area contributed by atoms with Crippen molar-refractivity contribution in [3.05, 3.63) is 22.7 Å². The summed E-state index contributed by atoms with van der Waals surface area (Å²) in [4.78, 5) is 10.8. The van der Waals surface area contributed by atoms with Crippen molar-refractivity contribution < 1.29 is 19.4 Å². The van der Waals surface area contributed by atoms with Crippen molar-refractivity contribution in [2.24, 2.45) is 5.73 Å². The predicted octanol–water partition coefficient (Wildman–Crippen LogP) is 1.46. The highest BCUT2D eigenvalue weighted by Gasteiger charge is 2.14. The Morgan fingerprint density at radius 3 is 2.68 bits per heavy atom. The van der Waals surface area contributed by atoms with Crippen LogP contribution in [-0.4, -0.2) is 36.9 Å². The van der Waals surface area contributed by atoms with Crippen molar-refractivity contribution in [1.29, 1.82) is 0 Å². The molecule has 0 spiro atoms. The van der Waals surface area contributed by atoms with Gasteiger partial charge in [-0.15, -0.1) is 0 Å². The van der Waals surface area contributed by atoms with Crippen LogP contribution in [0.25, 0.3) is 0 Å². The molecule has 1 aromatic rings. The quantitative estimate of drug-likeness (QED) is 0.604. The largest absolute Gasteiger partial charge is 0.490 e. The molecule has 1 atom stereocenters. The summed E-state index contributed by atoms with van der Waals surface area (Å²) >= 11 is 6.20. The number of carbonyl (C=O) groups is 1. The van der Waals surface area contributed by atoms with Gasteiger partial charge in [0.1, 0.15) is 0 Å². The van der Waals surface area contributed by atoms with E-state index in [1.54, 1.807) is 12.1 Å². The average molecular weight is 331 g/mol. The van der Waals surface area contributed by atoms with E-state index in [0.717, 1.165) is 12.0 Å². The molecule has 4 N–H and O–H groups in total. The summed E-state index contributed by atoms with van der Waals surface area (Å²) in [7, 11) is 0. The summed E-state index contributed by atoms with van der Waals surface area (Å²) in [5.74, 6) is 0.184. The monoisotopic (exact) mass is 330 g/mol. The first-order valence-corrected chi connectivity index (χ1v) is 7.60. The molecule has 1 aromatic carbocycles. The number of halogens is 1. The third kappa shape index (κ3) is 5.71. The molecule has 1 amide bonds. The van der Waals surface area contributed by atoms with Crippen molar-refractivity contribution >= 4 is 17.5 Å². The smallest absolute Gasteiger partial charge is 0.255 e. The van der Waals surface area contributed by atoms with Gasteiger partial charge in [-0.05, 0) is 31.0 Å². The summed E-state index contributed by atoms with van der Waals surface area (Å²) < 4.78 is 10.8. The van der Waals surface area contributed by atoms with Gasteiger partial charge in [0.25, 0.3) is 5.91 Å². The maximum absolute atomic E-state index is 10.8. The molecule has 0 fully saturated rings. The average Bonchev–Trinajstić information content (AvgIpc) is 2.47. The highest BCUT2D eigenvalue weighted by Crippen LogP contribution is 2.36. The molecule has 0 heterocycles. The molecule has 0 aromatic heterocycles. The Kier molecular flexibility index (Phi) is 8.01. The number of primary amides is 1. The van der Waals surface area contributed by atoms with Gasteiger partial charge in [-0.1, -0.05) is 18.5 Å². The Morgan fingerprint density at radius 2 is 2.14 bits per heavy atom. The summed E-state index contributed by atoms with van der Waals surface area (Å²) in [6.07, 6.45) is 0.822. The number of hydrogen-bond acceptors (Lipinski definition) is 5. The van der Waals surface area contributed by atoms with Crippen LogP contribution in [0.1, 0.15) is 25.8 Å². The van der Waals surface area contributed by atoms with Crippen LogP contribution in [-0.2, 0) is 11.3 Å². The lowest BCUT2D eigenvalue weighted by molar-refractivity contribution is -0.119. The fourth-order valence-corrected chi connectivity index (χ4v) is 2.16. The van der Waals surface area contributed by atoms with E-state index < -0.39 is 5.91 Å². The van der Waals surface area contributed by atoms with Gasteiger partial charge >= 0.3 is 0 Å². The number of rotatable bonds is 10. The van der Waals surface area contributed by atoms with E-state index in [1.165, 1.54) is 0 Å². The molecular weight excluding hydrogens is 308 g/mol. The Balaban J connectivity index is 2.90. The summed E-state index contributed by atoms with van der Waals surface area (Å²) in [6.45, 7) is 4.62. The molecule has 0 bridgehead atoms. The van der Waals surface area contributed by atoms with Gasteiger partial charge in [0.2, 0.25) is 0 Å². The number of aliphatic hydroxyl groups excluding tert-OH is 1. The zero-order valence-electron chi connectivity index (χ0n) is 12.9. The molecule has 0 aliphatic carbocycles. The Hall–Kier alpha value is -1.50. The van der Waals surface area contributed by atoms with Crippen LogP contribution in [0, 0.1) is 0 Å². The topological polar surface area (TPSA) is 93.8 Å². The molecule has 0 aliphatic rings. The lowest BCUT2D eigenvalue weighted by atomic mass is 10.1. The number of aliphatic hydroxyl groups is 1. The normalized spacial score (nSPS) is 12.0. The van der Waals surface area contributed by atoms with Crippen LogP contribution in [0.15, 0.2) is 12.1 Å². The van der Waals surface area contributed by atoms with Crippen LogP contribution >= 0.6 is 11.6 Å². The van der Waals surface area contributed by atoms with E-state index in [9.17, 15) is 9.90 Å². The highest BCUT2D eigenvalue weighted by molar-refractivity contribution is 6.32. The number of carbonyl (C=O) groups excluding carboxylic acids is 1. The van der Waals surface area contributed by atoms with Crippen molar-refractivity contribution in [2.75, 3.05) is 19.8 Å². The van der Waals surface area contributed by atoms with Gasteiger partial charge in [0.15, 0.2) is 18.1 Å². The molecule has 0 saturated carbocycles. The second-order valence-electron chi connectivity index (χ2n) is 4.76. The molecule has 7 heteroatoms. The van der Waals surface area contributed by atoms with Gasteiger partial charge in [-0.3, -0.25) is 4.79 Å². The lowest BCUT2D eigenvalue weighted by Gasteiger charge is -2.17. The van der Waals surface area contributed by atoms with E-state index in [0.29, 0.717) is 29.7 Å². The molecule has 1 rings (SSSR count). The number of amides is 1. The number of nitrogens with one attached hydrogen (secondary N) is 1. The zero-order chi connectivity index (χ0) is 16.5. The van der Waals surface area contributed by atoms with Crippen LogP contribution in [0.4, 0.5) is 0 Å². The van der Waals surface area contributed by atoms with E-state index >= 15 is 0 Å². The maximum Gasteiger partial charge on any atom is 0.255 e. The number of nitrogens with two attached hydrogens (primary N) is 1. The fourth-order valence-electron chi connectivity index (χ4n) is 1.87. The molecule has 1 unspecified atom stereocenters. The van der Waals surface area contributed by atoms with Crippen molar-refractivity contribution in [3.8, 4) is 11.5 Å². The van der Waals surface area contributed by atoms with Gasteiger partial charge in [-0.2, -0.15) is 0 Å². The Morgan fingerprint density at radius 1 is 1.41 bits per heavy atom. The number of hydrogen-bond donors (Lipinski definition) is 3. The molecule has 6 nitrogen and oxygen atoms in total. The van der Waals surface area contributed by atoms with Gasteiger partial charge < -0.3 is 25.6 Å². The van der Waals surface area contributed by atoms with Gasteiger partial charge in [0.05, 0.1) is 18.2 Å². The van der Waals surface area contributed by atoms with E-state index in [4.69, 9.17) is 26.8 Å². The minimum Gasteiger partial charge on any atom is -0.490 e. The third-order valence-corrected chi connectivity index (χ3v) is 3.32. The second kappa shape index (κ2) is 9.50. The minimum absolute atomic E-state index is 0.0279. The van der Waals surface area contributed by atoms with E-state index in [2.05, 4.69) is 5.32 Å². The summed E-state index contributed by atoms with van der Waals surface area (Å²) in [5, 5.41) is 12.8. The van der Waals surface area contributed by atoms with Crippen molar-refractivity contribution in [1.82, 2.24) is 5.32 Å². The zero-order valence-corrected chi connectivity index (χ0v) is 13.7. The highest BCUT2D eigenvalue weighted by atomic mass is 35.5. The van der Waals surface area contributed by atoms with Crippen LogP contribution in [0.3, 0.4) is 0 Å². The lowest BCUT2D eigenvalue weighted by Crippen LogP contribution is -2.31. The molecule has 0 saturated heterocycles. The second-order valence-corrected chi connectivity index (χ2v) is 5.17. The fraction of sp³-hybridized carbons (Fsp3) is 0.533. The first kappa shape index (κ1) is 18.5. The van der Waals surface area contributed by atoms with Crippen molar-refractivity contribution in [2.45, 2.75) is 32.9 Å². The molecule has 22 heavy (non-hydrogen) atoms. The van der Waals surface area contributed by atoms with Crippen LogP contribution in [0.2, 0.25) is 5.02 Å². The first-order valence-electron chi connectivity index (χ1n) is 7.22. The third-order valence-electron chi connectivity index (χ3n) is 3.04. The summed E-state index contributed by atoms with van der Waals surface area (Å²) in [6, 6.07) is 3.56.